The highest BCUT2D eigenvalue weighted by atomic mass is 16.4. The van der Waals surface area contributed by atoms with Crippen molar-refractivity contribution in [2.45, 2.75) is 20.8 Å². The Morgan fingerprint density at radius 1 is 1.26 bits per heavy atom. The Morgan fingerprint density at radius 3 is 2.37 bits per heavy atom. The molecule has 0 saturated heterocycles. The highest BCUT2D eigenvalue weighted by Gasteiger charge is 2.23. The van der Waals surface area contributed by atoms with Gasteiger partial charge in [0.15, 0.2) is 5.82 Å². The average molecular weight is 259 g/mol. The van der Waals surface area contributed by atoms with Crippen LogP contribution in [0.25, 0.3) is 5.82 Å². The Balaban J connectivity index is 2.78. The first-order valence-corrected chi connectivity index (χ1v) is 5.62. The Kier molecular flexibility index (Phi) is 2.86. The first-order valence-electron chi connectivity index (χ1n) is 5.62. The van der Waals surface area contributed by atoms with Crippen LogP contribution >= 0.6 is 0 Å². The van der Waals surface area contributed by atoms with Gasteiger partial charge in [-0.05, 0) is 20.8 Å². The molecule has 7 nitrogen and oxygen atoms in total. The van der Waals surface area contributed by atoms with Crippen molar-refractivity contribution in [1.82, 2.24) is 19.6 Å². The fraction of sp³-hybridized carbons (Fsp3) is 0.333. The van der Waals surface area contributed by atoms with Crippen molar-refractivity contribution in [2.24, 2.45) is 7.05 Å². The largest absolute Gasteiger partial charge is 0.478 e. The van der Waals surface area contributed by atoms with Crippen LogP contribution in [-0.2, 0) is 7.05 Å². The van der Waals surface area contributed by atoms with Gasteiger partial charge in [-0.15, -0.1) is 0 Å². The Morgan fingerprint density at radius 2 is 1.89 bits per heavy atom. The third-order valence-electron chi connectivity index (χ3n) is 3.01. The standard InChI is InChI=1S/C12H13N5O2/c1-6-9(5-13)11(16(4)14-6)17-8(3)10(12(18)19)7(2)15-17/h1-4H3,(H,18,19). The van der Waals surface area contributed by atoms with Crippen molar-refractivity contribution in [2.75, 3.05) is 0 Å². The normalized spacial score (nSPS) is 10.5. The maximum atomic E-state index is 11.2. The molecule has 0 atom stereocenters. The van der Waals surface area contributed by atoms with Gasteiger partial charge in [-0.3, -0.25) is 0 Å². The predicted molar refractivity (Wildman–Crippen MR) is 66.2 cm³/mol. The molecule has 2 heterocycles. The lowest BCUT2D eigenvalue weighted by Gasteiger charge is -2.05. The van der Waals surface area contributed by atoms with E-state index >= 15 is 0 Å². The van der Waals surface area contributed by atoms with Crippen LogP contribution in [0.3, 0.4) is 0 Å². The van der Waals surface area contributed by atoms with E-state index in [0.717, 1.165) is 0 Å². The molecule has 98 valence electrons. The van der Waals surface area contributed by atoms with E-state index in [2.05, 4.69) is 16.3 Å². The maximum Gasteiger partial charge on any atom is 0.339 e. The summed E-state index contributed by atoms with van der Waals surface area (Å²) in [6, 6.07) is 2.08. The topological polar surface area (TPSA) is 96.7 Å². The monoisotopic (exact) mass is 259 g/mol. The van der Waals surface area contributed by atoms with E-state index in [0.29, 0.717) is 28.5 Å². The molecule has 0 saturated carbocycles. The minimum Gasteiger partial charge on any atom is -0.478 e. The molecule has 7 heteroatoms. The van der Waals surface area contributed by atoms with Gasteiger partial charge in [0, 0.05) is 7.05 Å². The molecule has 0 bridgehead atoms. The molecule has 0 spiro atoms. The van der Waals surface area contributed by atoms with Crippen molar-refractivity contribution in [3.05, 3.63) is 28.2 Å². The lowest BCUT2D eigenvalue weighted by molar-refractivity contribution is 0.0695. The Labute approximate surface area is 109 Å². The fourth-order valence-electron chi connectivity index (χ4n) is 2.18. The summed E-state index contributed by atoms with van der Waals surface area (Å²) in [5.41, 5.74) is 2.02. The molecule has 1 N–H and O–H groups in total. The smallest absolute Gasteiger partial charge is 0.339 e. The molecule has 0 amide bonds. The number of nitrogens with zero attached hydrogens (tertiary/aromatic N) is 5. The van der Waals surface area contributed by atoms with Gasteiger partial charge in [0.2, 0.25) is 0 Å². The molecule has 19 heavy (non-hydrogen) atoms. The second-order valence-electron chi connectivity index (χ2n) is 4.28. The van der Waals surface area contributed by atoms with Crippen molar-refractivity contribution in [3.63, 3.8) is 0 Å². The summed E-state index contributed by atoms with van der Waals surface area (Å²) in [4.78, 5) is 11.2. The molecule has 0 aliphatic heterocycles. The quantitative estimate of drug-likeness (QED) is 0.871. The molecule has 2 rings (SSSR count). The van der Waals surface area contributed by atoms with Crippen LogP contribution in [0.4, 0.5) is 0 Å². The van der Waals surface area contributed by atoms with Crippen LogP contribution in [0.1, 0.15) is 33.0 Å². The van der Waals surface area contributed by atoms with Crippen molar-refractivity contribution in [3.8, 4) is 11.9 Å². The molecule has 0 fully saturated rings. The summed E-state index contributed by atoms with van der Waals surface area (Å²) < 4.78 is 2.98. The predicted octanol–water partition coefficient (Wildman–Crippen LogP) is 1.10. The third kappa shape index (κ3) is 1.78. The Bertz CT molecular complexity index is 718. The number of hydrogen-bond acceptors (Lipinski definition) is 4. The molecular formula is C12H13N5O2. The fourth-order valence-corrected chi connectivity index (χ4v) is 2.18. The van der Waals surface area contributed by atoms with Gasteiger partial charge >= 0.3 is 5.97 Å². The number of aromatic carboxylic acids is 1. The summed E-state index contributed by atoms with van der Waals surface area (Å²) >= 11 is 0. The van der Waals surface area contributed by atoms with Crippen LogP contribution in [0.15, 0.2) is 0 Å². The van der Waals surface area contributed by atoms with Crippen LogP contribution < -0.4 is 0 Å². The van der Waals surface area contributed by atoms with E-state index in [9.17, 15) is 10.1 Å². The van der Waals surface area contributed by atoms with Crippen molar-refractivity contribution in [1.29, 1.82) is 5.26 Å². The van der Waals surface area contributed by atoms with Gasteiger partial charge in [-0.1, -0.05) is 0 Å². The average Bonchev–Trinajstić information content (AvgIpc) is 2.75. The summed E-state index contributed by atoms with van der Waals surface area (Å²) in [5, 5.41) is 26.7. The molecule has 2 aromatic rings. The molecule has 0 unspecified atom stereocenters. The number of carbonyl (C=O) groups is 1. The second-order valence-corrected chi connectivity index (χ2v) is 4.28. The molecule has 0 radical (unpaired) electrons. The van der Waals surface area contributed by atoms with Gasteiger partial charge in [0.1, 0.15) is 17.2 Å². The number of nitriles is 1. The van der Waals surface area contributed by atoms with Crippen LogP contribution in [-0.4, -0.2) is 30.6 Å². The number of aromatic nitrogens is 4. The molecule has 0 aliphatic rings. The molecule has 0 aromatic carbocycles. The van der Waals surface area contributed by atoms with Crippen LogP contribution in [0, 0.1) is 32.1 Å². The SMILES string of the molecule is Cc1nn(C)c(-n2nc(C)c(C(=O)O)c2C)c1C#N. The minimum atomic E-state index is -1.03. The van der Waals surface area contributed by atoms with E-state index in [-0.39, 0.29) is 5.56 Å². The molecule has 2 aromatic heterocycles. The number of hydrogen-bond donors (Lipinski definition) is 1. The van der Waals surface area contributed by atoms with E-state index in [4.69, 9.17) is 5.11 Å². The highest BCUT2D eigenvalue weighted by molar-refractivity contribution is 5.90. The third-order valence-corrected chi connectivity index (χ3v) is 3.01. The zero-order valence-corrected chi connectivity index (χ0v) is 11.1. The molecule has 0 aliphatic carbocycles. The first kappa shape index (κ1) is 12.8. The zero-order valence-electron chi connectivity index (χ0n) is 11.1. The van der Waals surface area contributed by atoms with E-state index in [1.54, 1.807) is 27.8 Å². The summed E-state index contributed by atoms with van der Waals surface area (Å²) in [5.74, 6) is -0.549. The van der Waals surface area contributed by atoms with Crippen LogP contribution in [0.5, 0.6) is 0 Å². The summed E-state index contributed by atoms with van der Waals surface area (Å²) in [6.07, 6.45) is 0. The number of aryl methyl sites for hydroxylation is 3. The highest BCUT2D eigenvalue weighted by Crippen LogP contribution is 2.21. The number of carboxylic acids is 1. The van der Waals surface area contributed by atoms with E-state index < -0.39 is 5.97 Å². The van der Waals surface area contributed by atoms with Gasteiger partial charge < -0.3 is 5.11 Å². The zero-order chi connectivity index (χ0) is 14.3. The van der Waals surface area contributed by atoms with Gasteiger partial charge in [-0.2, -0.15) is 15.5 Å². The van der Waals surface area contributed by atoms with E-state index in [1.807, 2.05) is 0 Å². The Hall–Kier alpha value is -2.62. The van der Waals surface area contributed by atoms with Gasteiger partial charge in [0.05, 0.1) is 17.1 Å². The first-order chi connectivity index (χ1) is 8.88. The van der Waals surface area contributed by atoms with E-state index in [1.165, 1.54) is 9.36 Å². The van der Waals surface area contributed by atoms with Gasteiger partial charge in [-0.25, -0.2) is 14.2 Å². The minimum absolute atomic E-state index is 0.155. The molecular weight excluding hydrogens is 246 g/mol. The summed E-state index contributed by atoms with van der Waals surface area (Å²) in [6.45, 7) is 5.01. The second kappa shape index (κ2) is 4.24. The lowest BCUT2D eigenvalue weighted by Crippen LogP contribution is -2.08. The van der Waals surface area contributed by atoms with Crippen molar-refractivity contribution < 1.29 is 9.90 Å². The van der Waals surface area contributed by atoms with Gasteiger partial charge in [0.25, 0.3) is 0 Å². The maximum absolute atomic E-state index is 11.2. The summed E-state index contributed by atoms with van der Waals surface area (Å²) in [7, 11) is 1.69. The lowest BCUT2D eigenvalue weighted by atomic mass is 10.2. The van der Waals surface area contributed by atoms with Crippen LogP contribution in [0.2, 0.25) is 0 Å². The number of rotatable bonds is 2. The van der Waals surface area contributed by atoms with Crippen molar-refractivity contribution >= 4 is 5.97 Å². The number of carboxylic acid groups (broad SMARTS) is 1.